The molecule has 3 rings (SSSR count). The molecule has 0 atom stereocenters. The number of fused-ring (bicyclic) bond motifs is 3. The van der Waals surface area contributed by atoms with Gasteiger partial charge in [-0.2, -0.15) is 0 Å². The molecule has 0 bridgehead atoms. The second-order valence-corrected chi connectivity index (χ2v) is 4.36. The first-order valence-corrected chi connectivity index (χ1v) is 5.60. The number of nitro groups is 1. The molecule has 0 fully saturated rings. The van der Waals surface area contributed by atoms with E-state index in [0.717, 1.165) is 0 Å². The van der Waals surface area contributed by atoms with E-state index in [0.29, 0.717) is 22.3 Å². The van der Waals surface area contributed by atoms with Crippen molar-refractivity contribution in [1.82, 2.24) is 0 Å². The van der Waals surface area contributed by atoms with Crippen LogP contribution in [0.5, 0.6) is 0 Å². The van der Waals surface area contributed by atoms with E-state index in [1.807, 2.05) is 0 Å². The topological polar surface area (TPSA) is 60.2 Å². The lowest BCUT2D eigenvalue weighted by Crippen LogP contribution is -1.97. The van der Waals surface area contributed by atoms with Gasteiger partial charge < -0.3 is 0 Å². The summed E-state index contributed by atoms with van der Waals surface area (Å²) in [4.78, 5) is 22.7. The Labute approximate surface area is 107 Å². The van der Waals surface area contributed by atoms with Gasteiger partial charge in [-0.15, -0.1) is 0 Å². The van der Waals surface area contributed by atoms with E-state index in [4.69, 9.17) is 11.6 Å². The van der Waals surface area contributed by atoms with Crippen LogP contribution in [-0.4, -0.2) is 10.7 Å². The molecule has 0 radical (unpaired) electrons. The Morgan fingerprint density at radius 1 is 1.00 bits per heavy atom. The molecular formula is C13H6ClNO3. The highest BCUT2D eigenvalue weighted by Crippen LogP contribution is 2.45. The van der Waals surface area contributed by atoms with Gasteiger partial charge in [0.2, 0.25) is 0 Å². The van der Waals surface area contributed by atoms with Crippen LogP contribution in [0.15, 0.2) is 36.4 Å². The van der Waals surface area contributed by atoms with E-state index in [2.05, 4.69) is 0 Å². The second kappa shape index (κ2) is 3.65. The van der Waals surface area contributed by atoms with Crippen molar-refractivity contribution in [2.75, 3.05) is 0 Å². The predicted molar refractivity (Wildman–Crippen MR) is 67.0 cm³/mol. The minimum absolute atomic E-state index is 0.0447. The van der Waals surface area contributed by atoms with E-state index in [1.54, 1.807) is 24.3 Å². The summed E-state index contributed by atoms with van der Waals surface area (Å²) in [6.07, 6.45) is 0. The molecule has 5 heteroatoms. The lowest BCUT2D eigenvalue weighted by Gasteiger charge is -2.02. The van der Waals surface area contributed by atoms with Crippen molar-refractivity contribution in [3.63, 3.8) is 0 Å². The molecule has 0 heterocycles. The third-order valence-corrected chi connectivity index (χ3v) is 3.30. The molecule has 0 saturated carbocycles. The molecule has 2 aromatic rings. The van der Waals surface area contributed by atoms with Crippen molar-refractivity contribution in [1.29, 1.82) is 0 Å². The number of hydrogen-bond acceptors (Lipinski definition) is 3. The fraction of sp³-hybridized carbons (Fsp3) is 0. The van der Waals surface area contributed by atoms with Crippen LogP contribution < -0.4 is 0 Å². The lowest BCUT2D eigenvalue weighted by atomic mass is 10.0. The SMILES string of the molecule is O=C1c2ccccc2-c2c1ccc(Cl)c2[N+](=O)[O-]. The lowest BCUT2D eigenvalue weighted by molar-refractivity contribution is -0.384. The Morgan fingerprint density at radius 2 is 1.67 bits per heavy atom. The molecule has 0 saturated heterocycles. The minimum atomic E-state index is -0.545. The van der Waals surface area contributed by atoms with Crippen LogP contribution in [0.4, 0.5) is 5.69 Å². The number of nitro benzene ring substituents is 1. The molecule has 0 spiro atoms. The van der Waals surface area contributed by atoms with Gasteiger partial charge in [0.1, 0.15) is 5.02 Å². The van der Waals surface area contributed by atoms with Crippen molar-refractivity contribution in [2.24, 2.45) is 0 Å². The third-order valence-electron chi connectivity index (χ3n) is 3.00. The minimum Gasteiger partial charge on any atom is -0.289 e. The van der Waals surface area contributed by atoms with Crippen LogP contribution in [0.25, 0.3) is 11.1 Å². The zero-order valence-electron chi connectivity index (χ0n) is 9.01. The molecule has 4 nitrogen and oxygen atoms in total. The first-order chi connectivity index (χ1) is 8.61. The molecule has 0 aromatic heterocycles. The number of nitrogens with zero attached hydrogens (tertiary/aromatic N) is 1. The highest BCUT2D eigenvalue weighted by molar-refractivity contribution is 6.35. The van der Waals surface area contributed by atoms with Gasteiger partial charge >= 0.3 is 0 Å². The molecule has 18 heavy (non-hydrogen) atoms. The molecular weight excluding hydrogens is 254 g/mol. The van der Waals surface area contributed by atoms with E-state index < -0.39 is 4.92 Å². The van der Waals surface area contributed by atoms with Crippen molar-refractivity contribution in [3.05, 3.63) is 62.7 Å². The van der Waals surface area contributed by atoms with E-state index in [1.165, 1.54) is 12.1 Å². The van der Waals surface area contributed by atoms with Gasteiger partial charge in [-0.3, -0.25) is 14.9 Å². The molecule has 1 aliphatic carbocycles. The zero-order valence-corrected chi connectivity index (χ0v) is 9.77. The van der Waals surface area contributed by atoms with Gasteiger partial charge in [0.25, 0.3) is 5.69 Å². The zero-order chi connectivity index (χ0) is 12.9. The quantitative estimate of drug-likeness (QED) is 0.497. The Morgan fingerprint density at radius 3 is 2.33 bits per heavy atom. The summed E-state index contributed by atoms with van der Waals surface area (Å²) in [7, 11) is 0. The average molecular weight is 260 g/mol. The Bertz CT molecular complexity index is 709. The van der Waals surface area contributed by atoms with Gasteiger partial charge in [-0.05, 0) is 12.1 Å². The van der Waals surface area contributed by atoms with Crippen molar-refractivity contribution < 1.29 is 9.72 Å². The summed E-state index contributed by atoms with van der Waals surface area (Å²) in [6, 6.07) is 9.76. The van der Waals surface area contributed by atoms with Crippen LogP contribution in [0, 0.1) is 10.1 Å². The number of rotatable bonds is 1. The fourth-order valence-electron chi connectivity index (χ4n) is 2.25. The van der Waals surface area contributed by atoms with Crippen LogP contribution in [0.3, 0.4) is 0 Å². The summed E-state index contributed by atoms with van der Waals surface area (Å²) in [5.74, 6) is -0.194. The highest BCUT2D eigenvalue weighted by atomic mass is 35.5. The normalized spacial score (nSPS) is 12.2. The standard InChI is InChI=1S/C13H6ClNO3/c14-10-6-5-9-11(12(10)15(17)18)7-3-1-2-4-8(7)13(9)16/h1-6H. The Balaban J connectivity index is 2.45. The van der Waals surface area contributed by atoms with Gasteiger partial charge in [-0.1, -0.05) is 35.9 Å². The maximum atomic E-state index is 12.1. The highest BCUT2D eigenvalue weighted by Gasteiger charge is 2.34. The Kier molecular flexibility index (Phi) is 2.21. The summed E-state index contributed by atoms with van der Waals surface area (Å²) >= 11 is 5.86. The number of hydrogen-bond donors (Lipinski definition) is 0. The van der Waals surface area contributed by atoms with Gasteiger partial charge in [0, 0.05) is 16.7 Å². The molecule has 0 N–H and O–H groups in total. The summed E-state index contributed by atoms with van der Waals surface area (Å²) in [5.41, 5.74) is 1.53. The number of ketones is 1. The molecule has 0 aliphatic heterocycles. The third kappa shape index (κ3) is 1.29. The number of carbonyl (C=O) groups is 1. The largest absolute Gasteiger partial charge is 0.296 e. The second-order valence-electron chi connectivity index (χ2n) is 3.95. The number of carbonyl (C=O) groups excluding carboxylic acids is 1. The maximum absolute atomic E-state index is 12.1. The average Bonchev–Trinajstić information content (AvgIpc) is 2.63. The van der Waals surface area contributed by atoms with Gasteiger partial charge in [-0.25, -0.2) is 0 Å². The van der Waals surface area contributed by atoms with Crippen molar-refractivity contribution in [3.8, 4) is 11.1 Å². The van der Waals surface area contributed by atoms with Crippen molar-refractivity contribution >= 4 is 23.1 Å². The first-order valence-electron chi connectivity index (χ1n) is 5.22. The molecule has 2 aromatic carbocycles. The van der Waals surface area contributed by atoms with Crippen LogP contribution in [0.2, 0.25) is 5.02 Å². The van der Waals surface area contributed by atoms with Crippen LogP contribution in [0.1, 0.15) is 15.9 Å². The van der Waals surface area contributed by atoms with Crippen LogP contribution in [-0.2, 0) is 0 Å². The van der Waals surface area contributed by atoms with Gasteiger partial charge in [0.15, 0.2) is 5.78 Å². The van der Waals surface area contributed by atoms with Crippen LogP contribution >= 0.6 is 11.6 Å². The smallest absolute Gasteiger partial charge is 0.289 e. The fourth-order valence-corrected chi connectivity index (χ4v) is 2.48. The van der Waals surface area contributed by atoms with E-state index in [-0.39, 0.29) is 16.5 Å². The van der Waals surface area contributed by atoms with E-state index >= 15 is 0 Å². The first kappa shape index (κ1) is 10.9. The molecule has 88 valence electrons. The molecule has 0 unspecified atom stereocenters. The number of halogens is 1. The van der Waals surface area contributed by atoms with E-state index in [9.17, 15) is 14.9 Å². The number of benzene rings is 2. The molecule has 0 amide bonds. The van der Waals surface area contributed by atoms with Crippen molar-refractivity contribution in [2.45, 2.75) is 0 Å². The summed E-state index contributed by atoms with van der Waals surface area (Å²) in [5, 5.41) is 11.2. The molecule has 1 aliphatic rings. The summed E-state index contributed by atoms with van der Waals surface area (Å²) < 4.78 is 0. The maximum Gasteiger partial charge on any atom is 0.296 e. The predicted octanol–water partition coefficient (Wildman–Crippen LogP) is 3.46. The monoisotopic (exact) mass is 259 g/mol. The Hall–Kier alpha value is -2.20. The summed E-state index contributed by atoms with van der Waals surface area (Å²) in [6.45, 7) is 0. The van der Waals surface area contributed by atoms with Gasteiger partial charge in [0.05, 0.1) is 10.5 Å².